The van der Waals surface area contributed by atoms with Gasteiger partial charge in [-0.15, -0.1) is 0 Å². The molecule has 0 aliphatic rings. The van der Waals surface area contributed by atoms with Gasteiger partial charge in [0.15, 0.2) is 5.82 Å². The van der Waals surface area contributed by atoms with E-state index < -0.39 is 51.1 Å². The summed E-state index contributed by atoms with van der Waals surface area (Å²) in [7, 11) is 0. The summed E-state index contributed by atoms with van der Waals surface area (Å²) in [4.78, 5) is 23.1. The Balaban J connectivity index is 3.07. The van der Waals surface area contributed by atoms with Gasteiger partial charge in [0.1, 0.15) is 11.4 Å². The minimum atomic E-state index is -1.51. The van der Waals surface area contributed by atoms with E-state index in [0.717, 1.165) is 16.8 Å². The first-order valence-corrected chi connectivity index (χ1v) is 6.65. The number of halogens is 3. The first-order valence-electron chi connectivity index (χ1n) is 5.86. The molecule has 1 heterocycles. The molecule has 2 rings (SSSR count). The molecule has 8 heteroatoms. The van der Waals surface area contributed by atoms with Crippen LogP contribution in [0.25, 0.3) is 10.9 Å². The van der Waals surface area contributed by atoms with Gasteiger partial charge in [-0.1, -0.05) is 0 Å². The molecule has 2 aromatic rings. The van der Waals surface area contributed by atoms with Gasteiger partial charge in [-0.3, -0.25) is 4.79 Å². The van der Waals surface area contributed by atoms with Crippen LogP contribution in [0.2, 0.25) is 0 Å². The van der Waals surface area contributed by atoms with Gasteiger partial charge in [0.25, 0.3) is 0 Å². The minimum Gasteiger partial charge on any atom is -0.477 e. The lowest BCUT2D eigenvalue weighted by atomic mass is 10.1. The van der Waals surface area contributed by atoms with Crippen molar-refractivity contribution in [1.29, 1.82) is 0 Å². The van der Waals surface area contributed by atoms with Crippen LogP contribution in [0, 0.1) is 11.6 Å². The number of hydrogen-bond acceptors (Lipinski definition) is 3. The molecule has 0 saturated carbocycles. The molecule has 2 N–H and O–H groups in total. The molecule has 1 aromatic carbocycles. The first kappa shape index (κ1) is 15.6. The molecule has 21 heavy (non-hydrogen) atoms. The Labute approximate surface area is 125 Å². The number of carboxylic acids is 1. The van der Waals surface area contributed by atoms with Gasteiger partial charge < -0.3 is 14.8 Å². The van der Waals surface area contributed by atoms with Crippen LogP contribution in [0.4, 0.5) is 8.78 Å². The molecular formula is C13H10BrF2NO4. The Morgan fingerprint density at radius 1 is 1.48 bits per heavy atom. The Bertz CT molecular complexity index is 803. The fraction of sp³-hybridized carbons (Fsp3) is 0.231. The van der Waals surface area contributed by atoms with E-state index in [0.29, 0.717) is 0 Å². The largest absolute Gasteiger partial charge is 0.477 e. The fourth-order valence-corrected chi connectivity index (χ4v) is 2.31. The van der Waals surface area contributed by atoms with Gasteiger partial charge in [-0.25, -0.2) is 13.6 Å². The zero-order valence-electron chi connectivity index (χ0n) is 10.7. The number of pyridine rings is 1. The molecule has 0 radical (unpaired) electrons. The maximum atomic E-state index is 14.3. The third-order valence-corrected chi connectivity index (χ3v) is 3.85. The third kappa shape index (κ3) is 2.44. The van der Waals surface area contributed by atoms with Crippen molar-refractivity contribution in [2.75, 3.05) is 6.61 Å². The van der Waals surface area contributed by atoms with Gasteiger partial charge >= 0.3 is 5.97 Å². The number of aromatic carboxylic acids is 1. The zero-order valence-corrected chi connectivity index (χ0v) is 12.3. The van der Waals surface area contributed by atoms with Crippen LogP contribution in [-0.2, 0) is 0 Å². The number of aromatic nitrogens is 1. The van der Waals surface area contributed by atoms with E-state index in [9.17, 15) is 23.5 Å². The SMILES string of the molecule is CC(CO)n1cc(C(=O)O)c(=O)c2cc(F)c(Br)c(F)c21. The maximum Gasteiger partial charge on any atom is 0.341 e. The second-order valence-electron chi connectivity index (χ2n) is 4.50. The van der Waals surface area contributed by atoms with Crippen molar-refractivity contribution in [3.63, 3.8) is 0 Å². The number of nitrogens with zero attached hydrogens (tertiary/aromatic N) is 1. The van der Waals surface area contributed by atoms with Crippen molar-refractivity contribution in [1.82, 2.24) is 4.57 Å². The number of carboxylic acid groups (broad SMARTS) is 1. The molecule has 5 nitrogen and oxygen atoms in total. The molecule has 0 fully saturated rings. The highest BCUT2D eigenvalue weighted by Gasteiger charge is 2.22. The second kappa shape index (κ2) is 5.53. The van der Waals surface area contributed by atoms with Crippen molar-refractivity contribution in [2.24, 2.45) is 0 Å². The van der Waals surface area contributed by atoms with Crippen molar-refractivity contribution in [3.05, 3.63) is 44.2 Å². The molecule has 1 atom stereocenters. The van der Waals surface area contributed by atoms with Crippen LogP contribution >= 0.6 is 15.9 Å². The summed E-state index contributed by atoms with van der Waals surface area (Å²) >= 11 is 2.73. The van der Waals surface area contributed by atoms with E-state index in [1.165, 1.54) is 6.92 Å². The van der Waals surface area contributed by atoms with Crippen LogP contribution in [0.1, 0.15) is 23.3 Å². The van der Waals surface area contributed by atoms with Gasteiger partial charge in [0.2, 0.25) is 5.43 Å². The standard InChI is InChI=1S/C13H10BrF2NO4/c1-5(4-18)17-3-7(13(20)21)12(19)6-2-8(15)9(14)10(16)11(6)17/h2-3,5,18H,4H2,1H3,(H,20,21). The van der Waals surface area contributed by atoms with E-state index in [2.05, 4.69) is 15.9 Å². The highest BCUT2D eigenvalue weighted by molar-refractivity contribution is 9.10. The highest BCUT2D eigenvalue weighted by atomic mass is 79.9. The van der Waals surface area contributed by atoms with E-state index >= 15 is 0 Å². The fourth-order valence-electron chi connectivity index (χ4n) is 2.01. The van der Waals surface area contributed by atoms with E-state index in [4.69, 9.17) is 5.11 Å². The molecule has 112 valence electrons. The normalized spacial score (nSPS) is 12.6. The topological polar surface area (TPSA) is 79.5 Å². The quantitative estimate of drug-likeness (QED) is 0.822. The van der Waals surface area contributed by atoms with Crippen LogP contribution in [-0.4, -0.2) is 27.4 Å². The summed E-state index contributed by atoms with van der Waals surface area (Å²) in [5.41, 5.74) is -1.87. The summed E-state index contributed by atoms with van der Waals surface area (Å²) in [5, 5.41) is 17.8. The predicted octanol–water partition coefficient (Wildman–Crippen LogP) is 2.29. The van der Waals surface area contributed by atoms with E-state index in [1.54, 1.807) is 0 Å². The number of aliphatic hydroxyl groups excluding tert-OH is 1. The number of fused-ring (bicyclic) bond motifs is 1. The summed E-state index contributed by atoms with van der Waals surface area (Å²) in [6.45, 7) is 1.09. The second-order valence-corrected chi connectivity index (χ2v) is 5.29. The molecule has 0 amide bonds. The Morgan fingerprint density at radius 3 is 2.62 bits per heavy atom. The molecule has 0 aliphatic heterocycles. The number of benzene rings is 1. The number of carbonyl (C=O) groups is 1. The van der Waals surface area contributed by atoms with Crippen molar-refractivity contribution < 1.29 is 23.8 Å². The first-order chi connectivity index (χ1) is 9.79. The maximum absolute atomic E-state index is 14.3. The monoisotopic (exact) mass is 361 g/mol. The van der Waals surface area contributed by atoms with Gasteiger partial charge in [-0.05, 0) is 28.9 Å². The Hall–Kier alpha value is -1.80. The van der Waals surface area contributed by atoms with E-state index in [-0.39, 0.29) is 5.52 Å². The van der Waals surface area contributed by atoms with Gasteiger partial charge in [0, 0.05) is 6.20 Å². The molecule has 1 aromatic heterocycles. The summed E-state index contributed by atoms with van der Waals surface area (Å²) < 4.78 is 28.5. The summed E-state index contributed by atoms with van der Waals surface area (Å²) in [6, 6.07) is 0.0794. The number of rotatable bonds is 3. The van der Waals surface area contributed by atoms with E-state index in [1.807, 2.05) is 0 Å². The molecule has 0 spiro atoms. The van der Waals surface area contributed by atoms with Gasteiger partial charge in [-0.2, -0.15) is 0 Å². The minimum absolute atomic E-state index is 0.264. The highest BCUT2D eigenvalue weighted by Crippen LogP contribution is 2.28. The Morgan fingerprint density at radius 2 is 2.10 bits per heavy atom. The van der Waals surface area contributed by atoms with Crippen LogP contribution in [0.15, 0.2) is 21.5 Å². The van der Waals surface area contributed by atoms with Crippen LogP contribution in [0.3, 0.4) is 0 Å². The van der Waals surface area contributed by atoms with Crippen molar-refractivity contribution in [3.8, 4) is 0 Å². The summed E-state index contributed by atoms with van der Waals surface area (Å²) in [6.07, 6.45) is 0.946. The van der Waals surface area contributed by atoms with Crippen molar-refractivity contribution >= 4 is 32.8 Å². The molecule has 0 bridgehead atoms. The molecular weight excluding hydrogens is 352 g/mol. The predicted molar refractivity (Wildman–Crippen MR) is 74.6 cm³/mol. The average molecular weight is 362 g/mol. The molecule has 1 unspecified atom stereocenters. The lowest BCUT2D eigenvalue weighted by Gasteiger charge is -2.18. The number of aliphatic hydroxyl groups is 1. The molecule has 0 aliphatic carbocycles. The van der Waals surface area contributed by atoms with Crippen molar-refractivity contribution in [2.45, 2.75) is 13.0 Å². The number of hydrogen-bond donors (Lipinski definition) is 2. The summed E-state index contributed by atoms with van der Waals surface area (Å²) in [5.74, 6) is -3.55. The average Bonchev–Trinajstić information content (AvgIpc) is 2.44. The van der Waals surface area contributed by atoms with Gasteiger partial charge in [0.05, 0.1) is 28.0 Å². The Kier molecular flexibility index (Phi) is 4.11. The van der Waals surface area contributed by atoms with Crippen LogP contribution < -0.4 is 5.43 Å². The van der Waals surface area contributed by atoms with Crippen LogP contribution in [0.5, 0.6) is 0 Å². The smallest absolute Gasteiger partial charge is 0.341 e. The third-order valence-electron chi connectivity index (χ3n) is 3.12. The lowest BCUT2D eigenvalue weighted by Crippen LogP contribution is -2.22. The lowest BCUT2D eigenvalue weighted by molar-refractivity contribution is 0.0694. The molecule has 0 saturated heterocycles. The zero-order chi connectivity index (χ0) is 15.9.